The molecule has 3 heterocycles. The van der Waals surface area contributed by atoms with Gasteiger partial charge in [0.25, 0.3) is 5.91 Å². The Morgan fingerprint density at radius 2 is 2.06 bits per heavy atom. The van der Waals surface area contributed by atoms with Crippen molar-refractivity contribution in [2.75, 3.05) is 5.32 Å². The second kappa shape index (κ2) is 7.39. The summed E-state index contributed by atoms with van der Waals surface area (Å²) in [5.41, 5.74) is 5.13. The van der Waals surface area contributed by atoms with Crippen molar-refractivity contribution in [1.29, 1.82) is 0 Å². The molecular formula is C22H20ClN5O3. The van der Waals surface area contributed by atoms with Crippen LogP contribution in [0.3, 0.4) is 0 Å². The van der Waals surface area contributed by atoms with Gasteiger partial charge in [-0.1, -0.05) is 23.7 Å². The Balaban J connectivity index is 1.30. The molecule has 3 aromatic rings. The summed E-state index contributed by atoms with van der Waals surface area (Å²) in [4.78, 5) is 45.7. The number of amides is 3. The Bertz CT molecular complexity index is 1210. The third-order valence-corrected chi connectivity index (χ3v) is 6.22. The van der Waals surface area contributed by atoms with E-state index in [4.69, 9.17) is 11.6 Å². The van der Waals surface area contributed by atoms with Crippen molar-refractivity contribution < 1.29 is 14.4 Å². The molecule has 1 saturated heterocycles. The molecule has 1 atom stereocenters. The lowest BCUT2D eigenvalue weighted by molar-refractivity contribution is -0.136. The molecule has 0 spiro atoms. The van der Waals surface area contributed by atoms with Gasteiger partial charge in [0.2, 0.25) is 17.8 Å². The SMILES string of the molecule is Cc1cc2nc(NCc3ccc4c(c3)CN(C3CCC(=O)NC3=O)C4=O)[nH]c2cc1Cl. The fourth-order valence-corrected chi connectivity index (χ4v) is 4.31. The molecule has 9 heteroatoms. The first-order chi connectivity index (χ1) is 14.9. The molecule has 2 aliphatic heterocycles. The van der Waals surface area contributed by atoms with Crippen molar-refractivity contribution >= 4 is 46.3 Å². The van der Waals surface area contributed by atoms with E-state index in [0.29, 0.717) is 36.0 Å². The molecule has 1 aromatic heterocycles. The number of imide groups is 1. The molecule has 1 unspecified atom stereocenters. The zero-order valence-corrected chi connectivity index (χ0v) is 17.5. The molecule has 0 aliphatic carbocycles. The smallest absolute Gasteiger partial charge is 0.255 e. The molecule has 3 N–H and O–H groups in total. The van der Waals surface area contributed by atoms with Crippen molar-refractivity contribution in [3.05, 3.63) is 57.6 Å². The summed E-state index contributed by atoms with van der Waals surface area (Å²) in [6.45, 7) is 2.82. The van der Waals surface area contributed by atoms with Crippen LogP contribution in [0.15, 0.2) is 30.3 Å². The van der Waals surface area contributed by atoms with Crippen LogP contribution >= 0.6 is 11.6 Å². The van der Waals surface area contributed by atoms with Gasteiger partial charge in [-0.3, -0.25) is 19.7 Å². The van der Waals surface area contributed by atoms with Crippen molar-refractivity contribution in [3.63, 3.8) is 0 Å². The van der Waals surface area contributed by atoms with Crippen molar-refractivity contribution in [2.45, 2.75) is 38.9 Å². The number of nitrogens with one attached hydrogen (secondary N) is 3. The summed E-state index contributed by atoms with van der Waals surface area (Å²) in [5.74, 6) is -0.228. The van der Waals surface area contributed by atoms with Gasteiger partial charge in [-0.05, 0) is 48.2 Å². The summed E-state index contributed by atoms with van der Waals surface area (Å²) >= 11 is 6.18. The molecule has 2 aromatic carbocycles. The molecule has 158 valence electrons. The van der Waals surface area contributed by atoms with Gasteiger partial charge in [0.15, 0.2) is 0 Å². The number of hydrogen-bond acceptors (Lipinski definition) is 5. The molecule has 0 radical (unpaired) electrons. The second-order valence-corrected chi connectivity index (χ2v) is 8.36. The number of fused-ring (bicyclic) bond motifs is 2. The number of nitrogens with zero attached hydrogens (tertiary/aromatic N) is 2. The average molecular weight is 438 g/mol. The van der Waals surface area contributed by atoms with Gasteiger partial charge >= 0.3 is 0 Å². The second-order valence-electron chi connectivity index (χ2n) is 7.95. The number of imidazole rings is 1. The maximum absolute atomic E-state index is 12.8. The standard InChI is InChI=1S/C22H20ClN5O3/c1-11-6-16-17(8-15(11)23)26-22(25-16)24-9-12-2-3-14-13(7-12)10-28(21(14)31)18-4-5-19(29)27-20(18)30/h2-3,6-8,18H,4-5,9-10H2,1H3,(H2,24,25,26)(H,27,29,30). The summed E-state index contributed by atoms with van der Waals surface area (Å²) in [6, 6.07) is 8.84. The number of aryl methyl sites for hydroxylation is 1. The maximum atomic E-state index is 12.8. The summed E-state index contributed by atoms with van der Waals surface area (Å²) < 4.78 is 0. The van der Waals surface area contributed by atoms with E-state index >= 15 is 0 Å². The Labute approximate surface area is 183 Å². The molecule has 8 nitrogen and oxygen atoms in total. The van der Waals surface area contributed by atoms with Crippen LogP contribution in [-0.4, -0.2) is 38.6 Å². The van der Waals surface area contributed by atoms with Crippen LogP contribution < -0.4 is 10.6 Å². The zero-order chi connectivity index (χ0) is 21.7. The first kappa shape index (κ1) is 19.6. The number of benzene rings is 2. The van der Waals surface area contributed by atoms with Gasteiger partial charge in [0.05, 0.1) is 11.0 Å². The molecular weight excluding hydrogens is 418 g/mol. The minimum Gasteiger partial charge on any atom is -0.352 e. The number of halogens is 1. The van der Waals surface area contributed by atoms with Crippen LogP contribution in [0.1, 0.15) is 39.9 Å². The minimum absolute atomic E-state index is 0.173. The van der Waals surface area contributed by atoms with E-state index in [2.05, 4.69) is 20.6 Å². The van der Waals surface area contributed by atoms with Crippen LogP contribution in [0, 0.1) is 6.92 Å². The summed E-state index contributed by atoms with van der Waals surface area (Å²) in [6.07, 6.45) is 0.599. The normalized spacial score (nSPS) is 18.5. The van der Waals surface area contributed by atoms with E-state index in [-0.39, 0.29) is 18.2 Å². The Morgan fingerprint density at radius 3 is 2.87 bits per heavy atom. The van der Waals surface area contributed by atoms with Crippen LogP contribution in [0.4, 0.5) is 5.95 Å². The van der Waals surface area contributed by atoms with E-state index in [1.807, 2.05) is 31.2 Å². The number of carbonyl (C=O) groups excluding carboxylic acids is 3. The number of aromatic nitrogens is 2. The average Bonchev–Trinajstić information content (AvgIpc) is 3.27. The quantitative estimate of drug-likeness (QED) is 0.544. The Kier molecular flexibility index (Phi) is 4.66. The van der Waals surface area contributed by atoms with Gasteiger partial charge in [0.1, 0.15) is 6.04 Å². The highest BCUT2D eigenvalue weighted by Gasteiger charge is 2.39. The summed E-state index contributed by atoms with van der Waals surface area (Å²) in [7, 11) is 0. The van der Waals surface area contributed by atoms with Crippen molar-refractivity contribution in [3.8, 4) is 0 Å². The van der Waals surface area contributed by atoms with Crippen LogP contribution in [-0.2, 0) is 22.7 Å². The van der Waals surface area contributed by atoms with Gasteiger partial charge < -0.3 is 15.2 Å². The fraction of sp³-hybridized carbons (Fsp3) is 0.273. The van der Waals surface area contributed by atoms with E-state index in [1.165, 1.54) is 0 Å². The van der Waals surface area contributed by atoms with E-state index in [9.17, 15) is 14.4 Å². The molecule has 1 fully saturated rings. The van der Waals surface area contributed by atoms with Crippen LogP contribution in [0.2, 0.25) is 5.02 Å². The van der Waals surface area contributed by atoms with Gasteiger partial charge in [-0.2, -0.15) is 0 Å². The molecule has 0 saturated carbocycles. The number of H-pyrrole nitrogens is 1. The third kappa shape index (κ3) is 3.53. The highest BCUT2D eigenvalue weighted by atomic mass is 35.5. The molecule has 31 heavy (non-hydrogen) atoms. The summed E-state index contributed by atoms with van der Waals surface area (Å²) in [5, 5.41) is 6.28. The van der Waals surface area contributed by atoms with E-state index in [1.54, 1.807) is 11.0 Å². The first-order valence-electron chi connectivity index (χ1n) is 10.1. The highest BCUT2D eigenvalue weighted by molar-refractivity contribution is 6.32. The molecule has 3 amide bonds. The number of rotatable bonds is 4. The van der Waals surface area contributed by atoms with Gasteiger partial charge in [-0.15, -0.1) is 0 Å². The largest absolute Gasteiger partial charge is 0.352 e. The lowest BCUT2D eigenvalue weighted by Crippen LogP contribution is -2.52. The Hall–Kier alpha value is -3.39. The number of carbonyl (C=O) groups is 3. The fourth-order valence-electron chi connectivity index (χ4n) is 4.14. The predicted molar refractivity (Wildman–Crippen MR) is 116 cm³/mol. The minimum atomic E-state index is -0.606. The number of aromatic amines is 1. The maximum Gasteiger partial charge on any atom is 0.255 e. The predicted octanol–water partition coefficient (Wildman–Crippen LogP) is 2.90. The molecule has 2 aliphatic rings. The lowest BCUT2D eigenvalue weighted by Gasteiger charge is -2.29. The number of anilines is 1. The van der Waals surface area contributed by atoms with Crippen molar-refractivity contribution in [1.82, 2.24) is 20.2 Å². The third-order valence-electron chi connectivity index (χ3n) is 5.81. The Morgan fingerprint density at radius 1 is 1.23 bits per heavy atom. The van der Waals surface area contributed by atoms with E-state index in [0.717, 1.165) is 27.7 Å². The topological polar surface area (TPSA) is 107 Å². The van der Waals surface area contributed by atoms with Crippen LogP contribution in [0.25, 0.3) is 11.0 Å². The number of hydrogen-bond donors (Lipinski definition) is 3. The monoisotopic (exact) mass is 437 g/mol. The lowest BCUT2D eigenvalue weighted by atomic mass is 10.0. The first-order valence-corrected chi connectivity index (χ1v) is 10.4. The van der Waals surface area contributed by atoms with Crippen LogP contribution in [0.5, 0.6) is 0 Å². The van der Waals surface area contributed by atoms with Gasteiger partial charge in [-0.25, -0.2) is 4.98 Å². The van der Waals surface area contributed by atoms with Crippen molar-refractivity contribution in [2.24, 2.45) is 0 Å². The van der Waals surface area contributed by atoms with Gasteiger partial charge in [0, 0.05) is 30.1 Å². The molecule has 0 bridgehead atoms. The zero-order valence-electron chi connectivity index (χ0n) is 16.8. The highest BCUT2D eigenvalue weighted by Crippen LogP contribution is 2.28. The molecule has 5 rings (SSSR count). The number of piperidine rings is 1. The van der Waals surface area contributed by atoms with E-state index < -0.39 is 11.9 Å².